The summed E-state index contributed by atoms with van der Waals surface area (Å²) in [7, 11) is 1.70. The Balaban J connectivity index is 2.92. The first-order valence-corrected chi connectivity index (χ1v) is 5.48. The number of hydrogen-bond acceptors (Lipinski definition) is 3. The SMILES string of the molecule is CCc1c(C)nc(CCC(F)(F)F)nc1NC. The van der Waals surface area contributed by atoms with Gasteiger partial charge in [0.05, 0.1) is 6.42 Å². The van der Waals surface area contributed by atoms with Gasteiger partial charge in [0.1, 0.15) is 11.6 Å². The van der Waals surface area contributed by atoms with Crippen molar-refractivity contribution < 1.29 is 13.2 Å². The van der Waals surface area contributed by atoms with Crippen LogP contribution in [0.15, 0.2) is 0 Å². The molecule has 0 bridgehead atoms. The normalized spacial score (nSPS) is 11.6. The van der Waals surface area contributed by atoms with Crippen LogP contribution in [-0.2, 0) is 12.8 Å². The van der Waals surface area contributed by atoms with Gasteiger partial charge in [0.2, 0.25) is 0 Å². The lowest BCUT2D eigenvalue weighted by Crippen LogP contribution is -2.12. The summed E-state index contributed by atoms with van der Waals surface area (Å²) < 4.78 is 36.3. The van der Waals surface area contributed by atoms with E-state index in [2.05, 4.69) is 15.3 Å². The summed E-state index contributed by atoms with van der Waals surface area (Å²) in [5.41, 5.74) is 1.69. The number of aromatic nitrogens is 2. The lowest BCUT2D eigenvalue weighted by atomic mass is 10.1. The van der Waals surface area contributed by atoms with Gasteiger partial charge >= 0.3 is 6.18 Å². The zero-order valence-electron chi connectivity index (χ0n) is 10.1. The third-order valence-corrected chi connectivity index (χ3v) is 2.48. The average molecular weight is 247 g/mol. The minimum Gasteiger partial charge on any atom is -0.373 e. The fourth-order valence-electron chi connectivity index (χ4n) is 1.65. The van der Waals surface area contributed by atoms with Crippen molar-refractivity contribution in [1.29, 1.82) is 0 Å². The van der Waals surface area contributed by atoms with Crippen molar-refractivity contribution in [2.75, 3.05) is 12.4 Å². The summed E-state index contributed by atoms with van der Waals surface area (Å²) in [5.74, 6) is 0.860. The van der Waals surface area contributed by atoms with Crippen molar-refractivity contribution in [2.24, 2.45) is 0 Å². The Hall–Kier alpha value is -1.33. The molecule has 0 spiro atoms. The van der Waals surface area contributed by atoms with E-state index in [0.717, 1.165) is 17.7 Å². The van der Waals surface area contributed by atoms with Gasteiger partial charge in [-0.05, 0) is 13.3 Å². The predicted molar refractivity (Wildman–Crippen MR) is 60.1 cm³/mol. The van der Waals surface area contributed by atoms with E-state index >= 15 is 0 Å². The molecule has 1 rings (SSSR count). The Morgan fingerprint density at radius 1 is 1.24 bits per heavy atom. The van der Waals surface area contributed by atoms with Gasteiger partial charge in [0.25, 0.3) is 0 Å². The summed E-state index contributed by atoms with van der Waals surface area (Å²) in [6.07, 6.45) is -4.48. The maximum Gasteiger partial charge on any atom is 0.389 e. The summed E-state index contributed by atoms with van der Waals surface area (Å²) in [6.45, 7) is 3.75. The van der Waals surface area contributed by atoms with Crippen molar-refractivity contribution >= 4 is 5.82 Å². The molecule has 1 aromatic rings. The molecule has 0 aliphatic carbocycles. The van der Waals surface area contributed by atoms with Crippen LogP contribution in [0.25, 0.3) is 0 Å². The Morgan fingerprint density at radius 2 is 1.88 bits per heavy atom. The van der Waals surface area contributed by atoms with Gasteiger partial charge in [0, 0.05) is 24.7 Å². The van der Waals surface area contributed by atoms with Crippen LogP contribution in [0.3, 0.4) is 0 Å². The molecule has 0 radical (unpaired) electrons. The van der Waals surface area contributed by atoms with Crippen LogP contribution >= 0.6 is 0 Å². The molecule has 1 N–H and O–H groups in total. The fraction of sp³-hybridized carbons (Fsp3) is 0.636. The summed E-state index contributed by atoms with van der Waals surface area (Å²) in [6, 6.07) is 0. The molecule has 17 heavy (non-hydrogen) atoms. The highest BCUT2D eigenvalue weighted by molar-refractivity contribution is 5.45. The van der Waals surface area contributed by atoms with E-state index in [0.29, 0.717) is 5.82 Å². The zero-order chi connectivity index (χ0) is 13.1. The number of alkyl halides is 3. The van der Waals surface area contributed by atoms with Crippen LogP contribution in [0, 0.1) is 6.92 Å². The topological polar surface area (TPSA) is 37.8 Å². The second kappa shape index (κ2) is 5.33. The van der Waals surface area contributed by atoms with Gasteiger partial charge in [0.15, 0.2) is 0 Å². The second-order valence-corrected chi connectivity index (χ2v) is 3.77. The number of halogens is 3. The highest BCUT2D eigenvalue weighted by atomic mass is 19.4. The number of hydrogen-bond donors (Lipinski definition) is 1. The molecule has 0 fully saturated rings. The molecule has 96 valence electrons. The lowest BCUT2D eigenvalue weighted by molar-refractivity contribution is -0.134. The molecule has 0 aromatic carbocycles. The molecular formula is C11H16F3N3. The minimum absolute atomic E-state index is 0.178. The van der Waals surface area contributed by atoms with Crippen LogP contribution < -0.4 is 5.32 Å². The van der Waals surface area contributed by atoms with E-state index in [1.165, 1.54) is 0 Å². The first kappa shape index (κ1) is 13.7. The first-order valence-electron chi connectivity index (χ1n) is 5.48. The molecule has 0 saturated heterocycles. The number of anilines is 1. The molecule has 0 saturated carbocycles. The van der Waals surface area contributed by atoms with Gasteiger partial charge in [-0.2, -0.15) is 13.2 Å². The van der Waals surface area contributed by atoms with Crippen molar-refractivity contribution in [3.8, 4) is 0 Å². The number of rotatable bonds is 4. The molecule has 0 aliphatic rings. The van der Waals surface area contributed by atoms with E-state index < -0.39 is 12.6 Å². The number of nitrogens with one attached hydrogen (secondary N) is 1. The fourth-order valence-corrected chi connectivity index (χ4v) is 1.65. The van der Waals surface area contributed by atoms with E-state index in [1.54, 1.807) is 14.0 Å². The number of aryl methyl sites for hydroxylation is 2. The molecule has 1 heterocycles. The van der Waals surface area contributed by atoms with Crippen LogP contribution in [-0.4, -0.2) is 23.2 Å². The van der Waals surface area contributed by atoms with Crippen LogP contribution in [0.1, 0.15) is 30.4 Å². The van der Waals surface area contributed by atoms with Crippen LogP contribution in [0.2, 0.25) is 0 Å². The van der Waals surface area contributed by atoms with Crippen molar-refractivity contribution in [3.63, 3.8) is 0 Å². The Labute approximate surface area is 98.5 Å². The molecule has 3 nitrogen and oxygen atoms in total. The molecular weight excluding hydrogens is 231 g/mol. The third-order valence-electron chi connectivity index (χ3n) is 2.48. The van der Waals surface area contributed by atoms with Crippen LogP contribution in [0.5, 0.6) is 0 Å². The zero-order valence-corrected chi connectivity index (χ0v) is 10.1. The largest absolute Gasteiger partial charge is 0.389 e. The Kier molecular flexibility index (Phi) is 4.31. The number of nitrogens with zero attached hydrogens (tertiary/aromatic N) is 2. The first-order chi connectivity index (χ1) is 7.87. The van der Waals surface area contributed by atoms with Crippen molar-refractivity contribution in [3.05, 3.63) is 17.1 Å². The van der Waals surface area contributed by atoms with E-state index in [-0.39, 0.29) is 12.2 Å². The highest BCUT2D eigenvalue weighted by Crippen LogP contribution is 2.22. The monoisotopic (exact) mass is 247 g/mol. The molecule has 0 aliphatic heterocycles. The smallest absolute Gasteiger partial charge is 0.373 e. The molecule has 0 amide bonds. The van der Waals surface area contributed by atoms with Gasteiger partial charge in [-0.25, -0.2) is 9.97 Å². The van der Waals surface area contributed by atoms with E-state index in [9.17, 15) is 13.2 Å². The average Bonchev–Trinajstić information content (AvgIpc) is 2.24. The van der Waals surface area contributed by atoms with Gasteiger partial charge in [-0.1, -0.05) is 6.92 Å². The quantitative estimate of drug-likeness (QED) is 0.889. The molecule has 1 aromatic heterocycles. The second-order valence-electron chi connectivity index (χ2n) is 3.77. The Morgan fingerprint density at radius 3 is 2.35 bits per heavy atom. The van der Waals surface area contributed by atoms with Gasteiger partial charge < -0.3 is 5.32 Å². The van der Waals surface area contributed by atoms with Crippen molar-refractivity contribution in [2.45, 2.75) is 39.3 Å². The molecule has 6 heteroatoms. The molecule has 0 unspecified atom stereocenters. The van der Waals surface area contributed by atoms with Gasteiger partial charge in [-0.15, -0.1) is 0 Å². The lowest BCUT2D eigenvalue weighted by Gasteiger charge is -2.12. The summed E-state index contributed by atoms with van der Waals surface area (Å²) in [4.78, 5) is 8.21. The van der Waals surface area contributed by atoms with E-state index in [4.69, 9.17) is 0 Å². The van der Waals surface area contributed by atoms with Crippen molar-refractivity contribution in [1.82, 2.24) is 9.97 Å². The van der Waals surface area contributed by atoms with Crippen LogP contribution in [0.4, 0.5) is 19.0 Å². The highest BCUT2D eigenvalue weighted by Gasteiger charge is 2.27. The maximum absolute atomic E-state index is 12.1. The maximum atomic E-state index is 12.1. The summed E-state index contributed by atoms with van der Waals surface area (Å²) >= 11 is 0. The predicted octanol–water partition coefficient (Wildman–Crippen LogP) is 2.88. The van der Waals surface area contributed by atoms with Gasteiger partial charge in [-0.3, -0.25) is 0 Å². The minimum atomic E-state index is -4.17. The third kappa shape index (κ3) is 3.87. The van der Waals surface area contributed by atoms with E-state index in [1.807, 2.05) is 6.92 Å². The Bertz CT molecular complexity index is 388. The molecule has 0 atom stereocenters. The summed E-state index contributed by atoms with van der Waals surface area (Å²) in [5, 5.41) is 2.89. The standard InChI is InChI=1S/C11H16F3N3/c1-4-8-7(2)16-9(17-10(8)15-3)5-6-11(12,13)14/h4-6H2,1-3H3,(H,15,16,17).